The first-order valence-corrected chi connectivity index (χ1v) is 12.1. The Hall–Kier alpha value is -4.38. The monoisotopic (exact) mass is 495 g/mol. The van der Waals surface area contributed by atoms with Crippen molar-refractivity contribution in [2.75, 3.05) is 25.2 Å². The van der Waals surface area contributed by atoms with Crippen LogP contribution in [-0.2, 0) is 14.8 Å². The second-order valence-electron chi connectivity index (χ2n) is 7.67. The lowest BCUT2D eigenvalue weighted by atomic mass is 9.97. The molecule has 4 rings (SSSR count). The summed E-state index contributed by atoms with van der Waals surface area (Å²) in [5.74, 6) is -0.502. The Morgan fingerprint density at radius 3 is 2.34 bits per heavy atom. The van der Waals surface area contributed by atoms with Crippen LogP contribution in [0.2, 0.25) is 0 Å². The largest absolute Gasteiger partial charge is 0.495 e. The molecule has 180 valence electrons. The lowest BCUT2D eigenvalue weighted by molar-refractivity contribution is 0.0597. The predicted molar refractivity (Wildman–Crippen MR) is 132 cm³/mol. The van der Waals surface area contributed by atoms with E-state index in [1.165, 1.54) is 32.5 Å². The molecule has 1 aromatic heterocycles. The van der Waals surface area contributed by atoms with E-state index in [1.807, 2.05) is 6.07 Å². The van der Waals surface area contributed by atoms with Crippen molar-refractivity contribution < 1.29 is 22.7 Å². The summed E-state index contributed by atoms with van der Waals surface area (Å²) >= 11 is 0. The van der Waals surface area contributed by atoms with Crippen LogP contribution in [0.3, 0.4) is 0 Å². The van der Waals surface area contributed by atoms with Crippen LogP contribution in [0.5, 0.6) is 5.75 Å². The predicted octanol–water partition coefficient (Wildman–Crippen LogP) is 2.51. The van der Waals surface area contributed by atoms with Gasteiger partial charge in [0.15, 0.2) is 0 Å². The minimum atomic E-state index is -3.43. The number of methoxy groups -OCH3 is 2. The van der Waals surface area contributed by atoms with Crippen LogP contribution in [0.25, 0.3) is 27.6 Å². The summed E-state index contributed by atoms with van der Waals surface area (Å²) in [6, 6.07) is 14.5. The van der Waals surface area contributed by atoms with E-state index in [9.17, 15) is 22.8 Å². The Labute approximate surface area is 199 Å². The van der Waals surface area contributed by atoms with Crippen LogP contribution in [-0.4, -0.2) is 44.4 Å². The van der Waals surface area contributed by atoms with Crippen molar-refractivity contribution in [1.29, 1.82) is 0 Å². The molecule has 0 aliphatic carbocycles. The second-order valence-corrected chi connectivity index (χ2v) is 9.42. The molecular formula is C24H21N3O7S. The molecule has 0 unspecified atom stereocenters. The third-order valence-electron chi connectivity index (χ3n) is 5.25. The number of nitrogens with one attached hydrogen (secondary N) is 2. The standard InChI is InChI=1S/C24H21N3O7S/c1-33-22-19(16-5-4-15-11-17(26-35(3,31)32)7-6-14(15)10-16)12-18(13-20(22)23(29)34-2)27-21(28)8-9-25-24(27)30/h4-13,26H,1-3H3,(H,25,30). The Morgan fingerprint density at radius 1 is 0.971 bits per heavy atom. The van der Waals surface area contributed by atoms with Crippen molar-refractivity contribution >= 4 is 32.5 Å². The Kier molecular flexibility index (Phi) is 6.18. The summed E-state index contributed by atoms with van der Waals surface area (Å²) < 4.78 is 36.9. The van der Waals surface area contributed by atoms with E-state index in [4.69, 9.17) is 9.47 Å². The molecule has 0 fully saturated rings. The number of hydrogen-bond acceptors (Lipinski definition) is 7. The molecule has 0 saturated heterocycles. The first-order chi connectivity index (χ1) is 16.6. The van der Waals surface area contributed by atoms with Gasteiger partial charge in [0.2, 0.25) is 10.0 Å². The fourth-order valence-corrected chi connectivity index (χ4v) is 4.35. The number of carbonyl (C=O) groups excluding carboxylic acids is 1. The number of esters is 1. The summed E-state index contributed by atoms with van der Waals surface area (Å²) in [5.41, 5.74) is 0.430. The number of rotatable bonds is 6. The summed E-state index contributed by atoms with van der Waals surface area (Å²) in [5, 5.41) is 1.55. The van der Waals surface area contributed by atoms with Gasteiger partial charge in [0, 0.05) is 23.5 Å². The molecule has 4 aromatic rings. The number of carbonyl (C=O) groups is 1. The van der Waals surface area contributed by atoms with Gasteiger partial charge in [-0.2, -0.15) is 0 Å². The first-order valence-electron chi connectivity index (χ1n) is 10.2. The van der Waals surface area contributed by atoms with Crippen molar-refractivity contribution in [2.45, 2.75) is 0 Å². The summed E-state index contributed by atoms with van der Waals surface area (Å²) in [7, 11) is -0.810. The third kappa shape index (κ3) is 4.80. The van der Waals surface area contributed by atoms with Gasteiger partial charge in [0.05, 0.1) is 26.2 Å². The zero-order valence-corrected chi connectivity index (χ0v) is 19.8. The minimum Gasteiger partial charge on any atom is -0.495 e. The maximum absolute atomic E-state index is 12.6. The Balaban J connectivity index is 1.95. The topological polar surface area (TPSA) is 137 Å². The van der Waals surface area contributed by atoms with E-state index < -0.39 is 27.2 Å². The van der Waals surface area contributed by atoms with Crippen molar-refractivity contribution in [3.8, 4) is 22.6 Å². The van der Waals surface area contributed by atoms with Crippen molar-refractivity contribution in [1.82, 2.24) is 9.55 Å². The van der Waals surface area contributed by atoms with Gasteiger partial charge < -0.3 is 14.5 Å². The van der Waals surface area contributed by atoms with E-state index in [2.05, 4.69) is 9.71 Å². The Morgan fingerprint density at radius 2 is 1.69 bits per heavy atom. The number of aromatic amines is 1. The third-order valence-corrected chi connectivity index (χ3v) is 5.86. The van der Waals surface area contributed by atoms with Crippen LogP contribution < -0.4 is 20.7 Å². The van der Waals surface area contributed by atoms with E-state index in [0.29, 0.717) is 16.8 Å². The number of sulfonamides is 1. The molecule has 0 aliphatic rings. The minimum absolute atomic E-state index is 0.0328. The van der Waals surface area contributed by atoms with Crippen LogP contribution in [0.15, 0.2) is 70.4 Å². The van der Waals surface area contributed by atoms with Gasteiger partial charge in [0.1, 0.15) is 11.3 Å². The van der Waals surface area contributed by atoms with Crippen LogP contribution in [0.1, 0.15) is 10.4 Å². The molecule has 0 amide bonds. The molecule has 2 N–H and O–H groups in total. The molecule has 0 saturated carbocycles. The van der Waals surface area contributed by atoms with E-state index in [-0.39, 0.29) is 17.0 Å². The van der Waals surface area contributed by atoms with Gasteiger partial charge in [-0.3, -0.25) is 9.52 Å². The van der Waals surface area contributed by atoms with Crippen molar-refractivity contribution in [2.24, 2.45) is 0 Å². The fraction of sp³-hybridized carbons (Fsp3) is 0.125. The number of anilines is 1. The highest BCUT2D eigenvalue weighted by Gasteiger charge is 2.21. The molecule has 1 heterocycles. The number of nitrogens with zero attached hydrogens (tertiary/aromatic N) is 1. The SMILES string of the molecule is COC(=O)c1cc(-n2c(=O)cc[nH]c2=O)cc(-c2ccc3cc(NS(C)(=O)=O)ccc3c2)c1OC. The van der Waals surface area contributed by atoms with Crippen LogP contribution in [0, 0.1) is 0 Å². The van der Waals surface area contributed by atoms with Crippen molar-refractivity contribution in [3.05, 3.63) is 87.2 Å². The van der Waals surface area contributed by atoms with Crippen LogP contribution >= 0.6 is 0 Å². The van der Waals surface area contributed by atoms with E-state index in [1.54, 1.807) is 36.4 Å². The number of H-pyrrole nitrogens is 1. The zero-order chi connectivity index (χ0) is 25.3. The number of hydrogen-bond donors (Lipinski definition) is 2. The molecule has 0 atom stereocenters. The molecular weight excluding hydrogens is 474 g/mol. The van der Waals surface area contributed by atoms with Crippen molar-refractivity contribution in [3.63, 3.8) is 0 Å². The molecule has 10 nitrogen and oxygen atoms in total. The number of ether oxygens (including phenoxy) is 2. The molecule has 35 heavy (non-hydrogen) atoms. The first kappa shape index (κ1) is 23.8. The molecule has 0 radical (unpaired) electrons. The number of aromatic nitrogens is 2. The van der Waals surface area contributed by atoms with Gasteiger partial charge in [-0.05, 0) is 46.7 Å². The van der Waals surface area contributed by atoms with Gasteiger partial charge in [-0.1, -0.05) is 18.2 Å². The lowest BCUT2D eigenvalue weighted by Crippen LogP contribution is -2.32. The molecule has 0 bridgehead atoms. The molecule has 11 heteroatoms. The summed E-state index contributed by atoms with van der Waals surface area (Å²) in [4.78, 5) is 39.9. The maximum atomic E-state index is 12.6. The highest BCUT2D eigenvalue weighted by atomic mass is 32.2. The molecule has 0 aliphatic heterocycles. The number of benzene rings is 3. The summed E-state index contributed by atoms with van der Waals surface area (Å²) in [6.45, 7) is 0. The molecule has 3 aromatic carbocycles. The normalized spacial score (nSPS) is 11.3. The average molecular weight is 496 g/mol. The smallest absolute Gasteiger partial charge is 0.341 e. The van der Waals surface area contributed by atoms with E-state index in [0.717, 1.165) is 21.6 Å². The fourth-order valence-electron chi connectivity index (χ4n) is 3.80. The highest BCUT2D eigenvalue weighted by molar-refractivity contribution is 7.92. The average Bonchev–Trinajstić information content (AvgIpc) is 2.81. The maximum Gasteiger partial charge on any atom is 0.341 e. The van der Waals surface area contributed by atoms with Gasteiger partial charge in [0.25, 0.3) is 5.56 Å². The quantitative estimate of drug-likeness (QED) is 0.392. The van der Waals surface area contributed by atoms with Gasteiger partial charge in [-0.25, -0.2) is 22.6 Å². The summed E-state index contributed by atoms with van der Waals surface area (Å²) in [6.07, 6.45) is 2.31. The second kappa shape index (κ2) is 9.11. The molecule has 0 spiro atoms. The lowest BCUT2D eigenvalue weighted by Gasteiger charge is -2.16. The van der Waals surface area contributed by atoms with Crippen LogP contribution in [0.4, 0.5) is 5.69 Å². The number of fused-ring (bicyclic) bond motifs is 1. The van der Waals surface area contributed by atoms with E-state index >= 15 is 0 Å². The Bertz CT molecular complexity index is 1660. The zero-order valence-electron chi connectivity index (χ0n) is 19.0. The highest BCUT2D eigenvalue weighted by Crippen LogP contribution is 2.37. The van der Waals surface area contributed by atoms with Gasteiger partial charge in [-0.15, -0.1) is 0 Å². The van der Waals surface area contributed by atoms with Gasteiger partial charge >= 0.3 is 11.7 Å².